The van der Waals surface area contributed by atoms with Crippen LogP contribution in [0.25, 0.3) is 0 Å². The van der Waals surface area contributed by atoms with E-state index >= 15 is 0 Å². The van der Waals surface area contributed by atoms with E-state index in [0.29, 0.717) is 12.3 Å². The fourth-order valence-corrected chi connectivity index (χ4v) is 4.69. The lowest BCUT2D eigenvalue weighted by Crippen LogP contribution is -2.39. The van der Waals surface area contributed by atoms with Crippen LogP contribution >= 0.6 is 0 Å². The summed E-state index contributed by atoms with van der Waals surface area (Å²) in [6, 6.07) is 6.50. The molecule has 1 spiro atoms. The highest BCUT2D eigenvalue weighted by Gasteiger charge is 2.43. The van der Waals surface area contributed by atoms with Gasteiger partial charge in [0.1, 0.15) is 5.75 Å². The second-order valence-corrected chi connectivity index (χ2v) is 7.46. The van der Waals surface area contributed by atoms with Crippen molar-refractivity contribution in [2.45, 2.75) is 51.2 Å². The first-order chi connectivity index (χ1) is 12.0. The average Bonchev–Trinajstić information content (AvgIpc) is 2.75. The van der Waals surface area contributed by atoms with Crippen molar-refractivity contribution in [3.63, 3.8) is 0 Å². The molecule has 0 saturated heterocycles. The third-order valence-corrected chi connectivity index (χ3v) is 6.05. The SMILES string of the molecule is COc1ccc2c(c1C)[C@@]1(C=CC(O)C[C@@H]1C)CCN(CCC#N)C2. The van der Waals surface area contributed by atoms with E-state index in [2.05, 4.69) is 43.0 Å². The number of allylic oxidation sites excluding steroid dienone is 1. The van der Waals surface area contributed by atoms with E-state index in [0.717, 1.165) is 38.2 Å². The Morgan fingerprint density at radius 3 is 2.92 bits per heavy atom. The second-order valence-electron chi connectivity index (χ2n) is 7.46. The molecule has 0 amide bonds. The van der Waals surface area contributed by atoms with Gasteiger partial charge in [-0.3, -0.25) is 4.90 Å². The van der Waals surface area contributed by atoms with Gasteiger partial charge in [0.2, 0.25) is 0 Å². The minimum absolute atomic E-state index is 0.0748. The third-order valence-electron chi connectivity index (χ3n) is 6.05. The molecule has 0 aromatic heterocycles. The number of hydrogen-bond acceptors (Lipinski definition) is 4. The van der Waals surface area contributed by atoms with Gasteiger partial charge in [-0.25, -0.2) is 0 Å². The van der Waals surface area contributed by atoms with Gasteiger partial charge in [-0.2, -0.15) is 5.26 Å². The van der Waals surface area contributed by atoms with Crippen LogP contribution in [0.3, 0.4) is 0 Å². The molecule has 3 rings (SSSR count). The molecule has 4 heteroatoms. The minimum Gasteiger partial charge on any atom is -0.496 e. The molecule has 3 atom stereocenters. The molecular formula is C21H28N2O2. The van der Waals surface area contributed by atoms with E-state index in [4.69, 9.17) is 10.00 Å². The Bertz CT molecular complexity index is 707. The van der Waals surface area contributed by atoms with E-state index in [9.17, 15) is 5.11 Å². The lowest BCUT2D eigenvalue weighted by molar-refractivity contribution is 0.144. The van der Waals surface area contributed by atoms with E-state index < -0.39 is 0 Å². The first kappa shape index (κ1) is 18.0. The zero-order chi connectivity index (χ0) is 18.0. The first-order valence-electron chi connectivity index (χ1n) is 9.15. The van der Waals surface area contributed by atoms with Gasteiger partial charge in [0, 0.05) is 24.9 Å². The Kier molecular flexibility index (Phi) is 5.17. The molecule has 0 bridgehead atoms. The van der Waals surface area contributed by atoms with Crippen molar-refractivity contribution < 1.29 is 9.84 Å². The first-order valence-corrected chi connectivity index (χ1v) is 9.15. The zero-order valence-corrected chi connectivity index (χ0v) is 15.5. The molecule has 2 aliphatic rings. The van der Waals surface area contributed by atoms with Gasteiger partial charge in [0.15, 0.2) is 0 Å². The number of aliphatic hydroxyl groups excluding tert-OH is 1. The van der Waals surface area contributed by atoms with Gasteiger partial charge in [0.25, 0.3) is 0 Å². The molecular weight excluding hydrogens is 312 g/mol. The van der Waals surface area contributed by atoms with Crippen LogP contribution < -0.4 is 4.74 Å². The number of nitriles is 1. The lowest BCUT2D eigenvalue weighted by atomic mass is 9.62. The predicted octanol–water partition coefficient (Wildman–Crippen LogP) is 3.32. The number of benzene rings is 1. The van der Waals surface area contributed by atoms with Crippen molar-refractivity contribution in [2.75, 3.05) is 20.2 Å². The molecule has 1 aromatic carbocycles. The zero-order valence-electron chi connectivity index (χ0n) is 15.5. The third kappa shape index (κ3) is 3.19. The fraction of sp³-hybridized carbons (Fsp3) is 0.571. The van der Waals surface area contributed by atoms with Gasteiger partial charge in [-0.1, -0.05) is 25.1 Å². The molecule has 1 aliphatic heterocycles. The summed E-state index contributed by atoms with van der Waals surface area (Å²) >= 11 is 0. The van der Waals surface area contributed by atoms with E-state index in [1.807, 2.05) is 6.08 Å². The molecule has 1 aromatic rings. The standard InChI is InChI=1S/C21H28N2O2/c1-15-13-18(24)7-8-21(15)9-12-23(11-4-10-22)14-17-5-6-19(25-3)16(2)20(17)21/h5-8,15,18,24H,4,9,11-14H2,1-3H3/t15-,18?,21-/m0/s1. The van der Waals surface area contributed by atoms with Gasteiger partial charge in [0.05, 0.1) is 19.3 Å². The van der Waals surface area contributed by atoms with Crippen molar-refractivity contribution in [3.8, 4) is 11.8 Å². The van der Waals surface area contributed by atoms with Crippen molar-refractivity contribution in [3.05, 3.63) is 41.0 Å². The highest BCUT2D eigenvalue weighted by atomic mass is 16.5. The largest absolute Gasteiger partial charge is 0.496 e. The molecule has 1 heterocycles. The molecule has 1 unspecified atom stereocenters. The summed E-state index contributed by atoms with van der Waals surface area (Å²) in [6.07, 6.45) is 6.20. The van der Waals surface area contributed by atoms with E-state index in [1.54, 1.807) is 7.11 Å². The fourth-order valence-electron chi connectivity index (χ4n) is 4.69. The summed E-state index contributed by atoms with van der Waals surface area (Å²) in [5.41, 5.74) is 3.81. The van der Waals surface area contributed by atoms with Gasteiger partial charge < -0.3 is 9.84 Å². The summed E-state index contributed by atoms with van der Waals surface area (Å²) < 4.78 is 5.60. The Hall–Kier alpha value is -1.83. The maximum atomic E-state index is 10.1. The molecule has 0 saturated carbocycles. The highest BCUT2D eigenvalue weighted by Crippen LogP contribution is 2.48. The number of methoxy groups -OCH3 is 1. The highest BCUT2D eigenvalue weighted by molar-refractivity contribution is 5.52. The number of rotatable bonds is 3. The van der Waals surface area contributed by atoms with Crippen molar-refractivity contribution in [2.24, 2.45) is 5.92 Å². The van der Waals surface area contributed by atoms with Gasteiger partial charge in [-0.05, 0) is 55.0 Å². The van der Waals surface area contributed by atoms with Crippen LogP contribution in [0.1, 0.15) is 42.9 Å². The number of hydrogen-bond donors (Lipinski definition) is 1. The summed E-state index contributed by atoms with van der Waals surface area (Å²) in [5, 5.41) is 19.0. The predicted molar refractivity (Wildman–Crippen MR) is 98.5 cm³/mol. The summed E-state index contributed by atoms with van der Waals surface area (Å²) in [6.45, 7) is 7.03. The molecule has 4 nitrogen and oxygen atoms in total. The smallest absolute Gasteiger partial charge is 0.122 e. The number of nitrogens with zero attached hydrogens (tertiary/aromatic N) is 2. The molecule has 0 radical (unpaired) electrons. The monoisotopic (exact) mass is 340 g/mol. The summed E-state index contributed by atoms with van der Waals surface area (Å²) in [7, 11) is 1.72. The molecule has 134 valence electrons. The number of aliphatic hydroxyl groups is 1. The maximum absolute atomic E-state index is 10.1. The van der Waals surface area contributed by atoms with E-state index in [-0.39, 0.29) is 11.5 Å². The van der Waals surface area contributed by atoms with Crippen molar-refractivity contribution in [1.82, 2.24) is 4.90 Å². The van der Waals surface area contributed by atoms with Crippen molar-refractivity contribution in [1.29, 1.82) is 5.26 Å². The van der Waals surface area contributed by atoms with Gasteiger partial charge >= 0.3 is 0 Å². The quantitative estimate of drug-likeness (QED) is 0.858. The number of ether oxygens (including phenoxy) is 1. The lowest BCUT2D eigenvalue weighted by Gasteiger charge is -2.42. The topological polar surface area (TPSA) is 56.5 Å². The molecule has 0 fully saturated rings. The van der Waals surface area contributed by atoms with Crippen LogP contribution in [0.5, 0.6) is 5.75 Å². The Morgan fingerprint density at radius 1 is 1.44 bits per heavy atom. The minimum atomic E-state index is -0.354. The Labute approximate surface area is 150 Å². The van der Waals surface area contributed by atoms with Crippen LogP contribution in [0.2, 0.25) is 0 Å². The Balaban J connectivity index is 2.13. The number of fused-ring (bicyclic) bond motifs is 2. The molecule has 1 aliphatic carbocycles. The molecule has 1 N–H and O–H groups in total. The summed E-state index contributed by atoms with van der Waals surface area (Å²) in [5.74, 6) is 1.28. The maximum Gasteiger partial charge on any atom is 0.122 e. The molecule has 25 heavy (non-hydrogen) atoms. The summed E-state index contributed by atoms with van der Waals surface area (Å²) in [4.78, 5) is 2.38. The van der Waals surface area contributed by atoms with Crippen LogP contribution in [0, 0.1) is 24.2 Å². The van der Waals surface area contributed by atoms with Gasteiger partial charge in [-0.15, -0.1) is 0 Å². The average molecular weight is 340 g/mol. The second kappa shape index (κ2) is 7.19. The van der Waals surface area contributed by atoms with E-state index in [1.165, 1.54) is 16.7 Å². The Morgan fingerprint density at radius 2 is 2.24 bits per heavy atom. The van der Waals surface area contributed by atoms with Crippen molar-refractivity contribution >= 4 is 0 Å². The normalized spacial score (nSPS) is 29.1. The van der Waals surface area contributed by atoms with Crippen LogP contribution in [-0.2, 0) is 12.0 Å². The van der Waals surface area contributed by atoms with Crippen LogP contribution in [0.15, 0.2) is 24.3 Å². The van der Waals surface area contributed by atoms with Crippen LogP contribution in [0.4, 0.5) is 0 Å². The van der Waals surface area contributed by atoms with Crippen LogP contribution in [-0.4, -0.2) is 36.3 Å².